The lowest BCUT2D eigenvalue weighted by molar-refractivity contribution is 0.0242. The standard InChI is InChI=1S/C14H19ClN2O2/c1-14(2,3)19-13(18)17-7-9-5-6-11(15)12(16-4)10(9)8-17/h5-6,16H,7-8H2,1-4H3. The van der Waals surface area contributed by atoms with E-state index in [0.29, 0.717) is 18.1 Å². The maximum absolute atomic E-state index is 12.1. The zero-order chi connectivity index (χ0) is 14.2. The molecule has 1 aromatic carbocycles. The van der Waals surface area contributed by atoms with Crippen LogP contribution in [0.5, 0.6) is 0 Å². The number of ether oxygens (including phenoxy) is 1. The molecule has 19 heavy (non-hydrogen) atoms. The average Bonchev–Trinajstić information content (AvgIpc) is 2.70. The lowest BCUT2D eigenvalue weighted by Crippen LogP contribution is -2.33. The van der Waals surface area contributed by atoms with Crippen molar-refractivity contribution in [3.05, 3.63) is 28.3 Å². The summed E-state index contributed by atoms with van der Waals surface area (Å²) < 4.78 is 5.39. The van der Waals surface area contributed by atoms with Crippen molar-refractivity contribution in [3.8, 4) is 0 Å². The summed E-state index contributed by atoms with van der Waals surface area (Å²) in [6.45, 7) is 6.69. The first-order valence-corrected chi connectivity index (χ1v) is 6.65. The molecule has 104 valence electrons. The van der Waals surface area contributed by atoms with Crippen molar-refractivity contribution >= 4 is 23.4 Å². The maximum Gasteiger partial charge on any atom is 0.410 e. The van der Waals surface area contributed by atoms with Gasteiger partial charge in [0.2, 0.25) is 0 Å². The first-order valence-electron chi connectivity index (χ1n) is 6.28. The number of nitrogens with zero attached hydrogens (tertiary/aromatic N) is 1. The molecule has 1 aliphatic heterocycles. The van der Waals surface area contributed by atoms with Crippen LogP contribution >= 0.6 is 11.6 Å². The van der Waals surface area contributed by atoms with Crippen LogP contribution in [0.3, 0.4) is 0 Å². The van der Waals surface area contributed by atoms with E-state index in [1.807, 2.05) is 40.0 Å². The number of hydrogen-bond donors (Lipinski definition) is 1. The van der Waals surface area contributed by atoms with Crippen LogP contribution in [0.1, 0.15) is 31.9 Å². The van der Waals surface area contributed by atoms with E-state index in [4.69, 9.17) is 16.3 Å². The third-order valence-electron chi connectivity index (χ3n) is 2.97. The highest BCUT2D eigenvalue weighted by atomic mass is 35.5. The Hall–Kier alpha value is -1.42. The molecular weight excluding hydrogens is 264 g/mol. The Balaban J connectivity index is 2.19. The Kier molecular flexibility index (Phi) is 3.63. The number of benzene rings is 1. The second-order valence-electron chi connectivity index (χ2n) is 5.65. The number of fused-ring (bicyclic) bond motifs is 1. The third kappa shape index (κ3) is 2.95. The molecule has 0 aliphatic carbocycles. The summed E-state index contributed by atoms with van der Waals surface area (Å²) in [5.41, 5.74) is 2.60. The van der Waals surface area contributed by atoms with Crippen molar-refractivity contribution in [2.45, 2.75) is 39.5 Å². The van der Waals surface area contributed by atoms with Gasteiger partial charge < -0.3 is 10.1 Å². The van der Waals surface area contributed by atoms with Gasteiger partial charge in [0.05, 0.1) is 17.3 Å². The zero-order valence-corrected chi connectivity index (χ0v) is 12.5. The molecule has 1 heterocycles. The van der Waals surface area contributed by atoms with Crippen molar-refractivity contribution in [1.82, 2.24) is 4.90 Å². The second-order valence-corrected chi connectivity index (χ2v) is 6.05. The molecule has 5 heteroatoms. The van der Waals surface area contributed by atoms with Crippen molar-refractivity contribution in [1.29, 1.82) is 0 Å². The normalized spacial score (nSPS) is 14.3. The number of rotatable bonds is 1. The summed E-state index contributed by atoms with van der Waals surface area (Å²) in [5.74, 6) is 0. The minimum absolute atomic E-state index is 0.290. The summed E-state index contributed by atoms with van der Waals surface area (Å²) >= 11 is 6.14. The van der Waals surface area contributed by atoms with E-state index < -0.39 is 5.60 Å². The van der Waals surface area contributed by atoms with Crippen molar-refractivity contribution in [3.63, 3.8) is 0 Å². The molecule has 0 spiro atoms. The molecule has 1 amide bonds. The van der Waals surface area contributed by atoms with Crippen LogP contribution in [0.2, 0.25) is 5.02 Å². The molecule has 0 radical (unpaired) electrons. The molecule has 4 nitrogen and oxygen atoms in total. The fourth-order valence-electron chi connectivity index (χ4n) is 2.17. The van der Waals surface area contributed by atoms with Crippen LogP contribution in [-0.4, -0.2) is 23.6 Å². The lowest BCUT2D eigenvalue weighted by atomic mass is 10.1. The summed E-state index contributed by atoms with van der Waals surface area (Å²) in [6, 6.07) is 3.81. The topological polar surface area (TPSA) is 41.6 Å². The van der Waals surface area contributed by atoms with Crippen LogP contribution in [-0.2, 0) is 17.8 Å². The smallest absolute Gasteiger partial charge is 0.410 e. The van der Waals surface area contributed by atoms with Gasteiger partial charge >= 0.3 is 6.09 Å². The summed E-state index contributed by atoms with van der Waals surface area (Å²) in [7, 11) is 1.83. The van der Waals surface area contributed by atoms with E-state index in [1.165, 1.54) is 0 Å². The Morgan fingerprint density at radius 1 is 1.37 bits per heavy atom. The van der Waals surface area contributed by atoms with E-state index >= 15 is 0 Å². The SMILES string of the molecule is CNc1c(Cl)ccc2c1CN(C(=O)OC(C)(C)C)C2. The van der Waals surface area contributed by atoms with Gasteiger partial charge in [0.15, 0.2) is 0 Å². The zero-order valence-electron chi connectivity index (χ0n) is 11.7. The molecule has 0 saturated heterocycles. The minimum Gasteiger partial charge on any atom is -0.444 e. The maximum atomic E-state index is 12.1. The van der Waals surface area contributed by atoms with Crippen LogP contribution in [0.15, 0.2) is 12.1 Å². The van der Waals surface area contributed by atoms with Gasteiger partial charge in [0.1, 0.15) is 5.60 Å². The highest BCUT2D eigenvalue weighted by molar-refractivity contribution is 6.33. The Bertz CT molecular complexity index is 509. The van der Waals surface area contributed by atoms with Gasteiger partial charge in [-0.05, 0) is 32.4 Å². The lowest BCUT2D eigenvalue weighted by Gasteiger charge is -2.24. The molecule has 0 saturated carbocycles. The van der Waals surface area contributed by atoms with E-state index in [2.05, 4.69) is 5.32 Å². The van der Waals surface area contributed by atoms with Crippen LogP contribution in [0, 0.1) is 0 Å². The number of anilines is 1. The molecule has 0 unspecified atom stereocenters. The number of nitrogens with one attached hydrogen (secondary N) is 1. The number of halogens is 1. The summed E-state index contributed by atoms with van der Waals surface area (Å²) in [6.07, 6.45) is -0.290. The summed E-state index contributed by atoms with van der Waals surface area (Å²) in [5, 5.41) is 3.77. The number of amides is 1. The molecule has 1 aromatic rings. The molecular formula is C14H19ClN2O2. The Morgan fingerprint density at radius 2 is 2.05 bits per heavy atom. The van der Waals surface area contributed by atoms with Crippen LogP contribution < -0.4 is 5.32 Å². The van der Waals surface area contributed by atoms with Gasteiger partial charge in [-0.2, -0.15) is 0 Å². The highest BCUT2D eigenvalue weighted by Crippen LogP contribution is 2.35. The Morgan fingerprint density at radius 3 is 2.63 bits per heavy atom. The number of carbonyl (C=O) groups is 1. The van der Waals surface area contributed by atoms with Crippen LogP contribution in [0.25, 0.3) is 0 Å². The van der Waals surface area contributed by atoms with E-state index in [0.717, 1.165) is 16.8 Å². The second kappa shape index (κ2) is 4.93. The average molecular weight is 283 g/mol. The fraction of sp³-hybridized carbons (Fsp3) is 0.500. The van der Waals surface area contributed by atoms with Gasteiger partial charge in [-0.3, -0.25) is 4.90 Å². The molecule has 1 N–H and O–H groups in total. The summed E-state index contributed by atoms with van der Waals surface area (Å²) in [4.78, 5) is 13.8. The highest BCUT2D eigenvalue weighted by Gasteiger charge is 2.29. The van der Waals surface area contributed by atoms with Crippen LogP contribution in [0.4, 0.5) is 10.5 Å². The van der Waals surface area contributed by atoms with E-state index in [1.54, 1.807) is 4.90 Å². The first kappa shape index (κ1) is 14.0. The monoisotopic (exact) mass is 282 g/mol. The van der Waals surface area contributed by atoms with Gasteiger partial charge in [0.25, 0.3) is 0 Å². The minimum atomic E-state index is -0.477. The van der Waals surface area contributed by atoms with Gasteiger partial charge in [-0.15, -0.1) is 0 Å². The molecule has 0 fully saturated rings. The number of hydrogen-bond acceptors (Lipinski definition) is 3. The quantitative estimate of drug-likeness (QED) is 0.855. The third-order valence-corrected chi connectivity index (χ3v) is 3.29. The largest absolute Gasteiger partial charge is 0.444 e. The van der Waals surface area contributed by atoms with Gasteiger partial charge in [-0.1, -0.05) is 17.7 Å². The van der Waals surface area contributed by atoms with Gasteiger partial charge in [0, 0.05) is 19.2 Å². The van der Waals surface area contributed by atoms with E-state index in [-0.39, 0.29) is 6.09 Å². The van der Waals surface area contributed by atoms with E-state index in [9.17, 15) is 4.79 Å². The first-order chi connectivity index (χ1) is 8.81. The fourth-order valence-corrected chi connectivity index (χ4v) is 2.44. The Labute approximate surface area is 118 Å². The molecule has 0 bridgehead atoms. The van der Waals surface area contributed by atoms with Crippen molar-refractivity contribution in [2.24, 2.45) is 0 Å². The van der Waals surface area contributed by atoms with Crippen molar-refractivity contribution < 1.29 is 9.53 Å². The molecule has 0 aromatic heterocycles. The number of carbonyl (C=O) groups excluding carboxylic acids is 1. The predicted molar refractivity (Wildman–Crippen MR) is 76.5 cm³/mol. The van der Waals surface area contributed by atoms with Gasteiger partial charge in [-0.25, -0.2) is 4.79 Å². The predicted octanol–water partition coefficient (Wildman–Crippen LogP) is 3.63. The molecule has 0 atom stereocenters. The van der Waals surface area contributed by atoms with Crippen molar-refractivity contribution in [2.75, 3.05) is 12.4 Å². The molecule has 2 rings (SSSR count). The molecule has 1 aliphatic rings.